The Morgan fingerprint density at radius 2 is 2.27 bits per heavy atom. The highest BCUT2D eigenvalue weighted by molar-refractivity contribution is 6.16. The molecule has 0 amide bonds. The molecule has 2 rings (SSSR count). The number of aromatic nitrogens is 1. The molecule has 4 heteroatoms. The Balaban J connectivity index is 2.19. The van der Waals surface area contributed by atoms with Gasteiger partial charge in [0.2, 0.25) is 0 Å². The van der Waals surface area contributed by atoms with E-state index < -0.39 is 0 Å². The maximum absolute atomic E-state index is 5.90. The van der Waals surface area contributed by atoms with E-state index in [0.29, 0.717) is 5.88 Å². The minimum absolute atomic E-state index is 0.242. The fourth-order valence-electron chi connectivity index (χ4n) is 1.76. The Kier molecular flexibility index (Phi) is 2.85. The number of pyridine rings is 1. The van der Waals surface area contributed by atoms with Crippen LogP contribution >= 0.6 is 11.6 Å². The van der Waals surface area contributed by atoms with Crippen LogP contribution in [-0.2, 0) is 12.3 Å². The standard InChI is InChI=1S/C11H16ClN3/c1-14-11(4-5-11)6-10-9(13)3-2-8(7-12)15-10/h2-3,14H,4-7,13H2,1H3. The molecule has 1 saturated carbocycles. The molecule has 0 aliphatic heterocycles. The van der Waals surface area contributed by atoms with Crippen LogP contribution in [0.1, 0.15) is 24.2 Å². The Hall–Kier alpha value is -0.800. The van der Waals surface area contributed by atoms with E-state index in [1.54, 1.807) is 0 Å². The van der Waals surface area contributed by atoms with E-state index in [0.717, 1.165) is 23.5 Å². The Labute approximate surface area is 95.0 Å². The minimum atomic E-state index is 0.242. The summed E-state index contributed by atoms with van der Waals surface area (Å²) in [6, 6.07) is 3.77. The van der Waals surface area contributed by atoms with Gasteiger partial charge in [0.05, 0.1) is 23.0 Å². The molecule has 1 aromatic heterocycles. The predicted octanol–water partition coefficient (Wildman–Crippen LogP) is 1.70. The monoisotopic (exact) mass is 225 g/mol. The number of nitrogens with one attached hydrogen (secondary N) is 1. The molecule has 3 nitrogen and oxygen atoms in total. The van der Waals surface area contributed by atoms with E-state index >= 15 is 0 Å². The van der Waals surface area contributed by atoms with E-state index in [4.69, 9.17) is 17.3 Å². The maximum atomic E-state index is 5.90. The molecular weight excluding hydrogens is 210 g/mol. The molecule has 3 N–H and O–H groups in total. The number of hydrogen-bond donors (Lipinski definition) is 2. The first-order valence-electron chi connectivity index (χ1n) is 5.18. The smallest absolute Gasteiger partial charge is 0.0654 e. The van der Waals surface area contributed by atoms with Crippen LogP contribution in [-0.4, -0.2) is 17.6 Å². The summed E-state index contributed by atoms with van der Waals surface area (Å²) in [5.41, 5.74) is 8.78. The Morgan fingerprint density at radius 1 is 1.53 bits per heavy atom. The van der Waals surface area contributed by atoms with Crippen molar-refractivity contribution in [1.82, 2.24) is 10.3 Å². The fourth-order valence-corrected chi connectivity index (χ4v) is 1.91. The molecule has 0 radical (unpaired) electrons. The van der Waals surface area contributed by atoms with Crippen LogP contribution in [0.2, 0.25) is 0 Å². The highest BCUT2D eigenvalue weighted by Crippen LogP contribution is 2.38. The molecule has 0 bridgehead atoms. The lowest BCUT2D eigenvalue weighted by molar-refractivity contribution is 0.542. The predicted molar refractivity (Wildman–Crippen MR) is 62.9 cm³/mol. The first-order valence-corrected chi connectivity index (χ1v) is 5.72. The normalized spacial score (nSPS) is 17.7. The number of rotatable bonds is 4. The summed E-state index contributed by atoms with van der Waals surface area (Å²) < 4.78 is 0. The first-order chi connectivity index (χ1) is 7.19. The van der Waals surface area contributed by atoms with Gasteiger partial charge in [-0.1, -0.05) is 0 Å². The Morgan fingerprint density at radius 3 is 2.80 bits per heavy atom. The number of halogens is 1. The van der Waals surface area contributed by atoms with Gasteiger partial charge in [-0.2, -0.15) is 0 Å². The maximum Gasteiger partial charge on any atom is 0.0654 e. The van der Waals surface area contributed by atoms with Crippen LogP contribution in [0.15, 0.2) is 12.1 Å². The number of anilines is 1. The zero-order valence-electron chi connectivity index (χ0n) is 8.89. The van der Waals surface area contributed by atoms with E-state index in [1.807, 2.05) is 19.2 Å². The van der Waals surface area contributed by atoms with Crippen LogP contribution in [0.25, 0.3) is 0 Å². The van der Waals surface area contributed by atoms with Crippen LogP contribution in [0.4, 0.5) is 5.69 Å². The SMILES string of the molecule is CNC1(Cc2nc(CCl)ccc2N)CC1. The lowest BCUT2D eigenvalue weighted by Gasteiger charge is -2.15. The van der Waals surface area contributed by atoms with E-state index in [9.17, 15) is 0 Å². The van der Waals surface area contributed by atoms with E-state index in [-0.39, 0.29) is 5.54 Å². The molecule has 1 fully saturated rings. The van der Waals surface area contributed by atoms with Gasteiger partial charge >= 0.3 is 0 Å². The van der Waals surface area contributed by atoms with Gasteiger partial charge < -0.3 is 11.1 Å². The van der Waals surface area contributed by atoms with E-state index in [2.05, 4.69) is 10.3 Å². The zero-order chi connectivity index (χ0) is 10.9. The van der Waals surface area contributed by atoms with Gasteiger partial charge in [-0.3, -0.25) is 4.98 Å². The Bertz CT molecular complexity index is 361. The number of alkyl halides is 1. The largest absolute Gasteiger partial charge is 0.397 e. The molecule has 1 aromatic rings. The van der Waals surface area contributed by atoms with Gasteiger partial charge in [0.1, 0.15) is 0 Å². The average molecular weight is 226 g/mol. The van der Waals surface area contributed by atoms with Crippen LogP contribution in [0.5, 0.6) is 0 Å². The minimum Gasteiger partial charge on any atom is -0.397 e. The van der Waals surface area contributed by atoms with Crippen molar-refractivity contribution >= 4 is 17.3 Å². The van der Waals surface area contributed by atoms with Crippen molar-refractivity contribution in [3.63, 3.8) is 0 Å². The molecular formula is C11H16ClN3. The molecule has 0 saturated heterocycles. The third-order valence-electron chi connectivity index (χ3n) is 3.09. The third-order valence-corrected chi connectivity index (χ3v) is 3.37. The summed E-state index contributed by atoms with van der Waals surface area (Å²) in [7, 11) is 1.99. The highest BCUT2D eigenvalue weighted by atomic mass is 35.5. The molecule has 82 valence electrons. The van der Waals surface area contributed by atoms with Gasteiger partial charge in [0.25, 0.3) is 0 Å². The van der Waals surface area contributed by atoms with Crippen LogP contribution < -0.4 is 11.1 Å². The van der Waals surface area contributed by atoms with Crippen molar-refractivity contribution in [2.75, 3.05) is 12.8 Å². The zero-order valence-corrected chi connectivity index (χ0v) is 9.64. The summed E-state index contributed by atoms with van der Waals surface area (Å²) in [6.45, 7) is 0. The van der Waals surface area contributed by atoms with Gasteiger partial charge in [-0.25, -0.2) is 0 Å². The van der Waals surface area contributed by atoms with Crippen molar-refractivity contribution in [1.29, 1.82) is 0 Å². The number of nitrogens with two attached hydrogens (primary N) is 1. The summed E-state index contributed by atoms with van der Waals surface area (Å²) >= 11 is 5.75. The molecule has 1 heterocycles. The van der Waals surface area contributed by atoms with Crippen molar-refractivity contribution < 1.29 is 0 Å². The first kappa shape index (κ1) is 10.7. The summed E-state index contributed by atoms with van der Waals surface area (Å²) in [5, 5.41) is 3.34. The van der Waals surface area contributed by atoms with Gasteiger partial charge in [0.15, 0.2) is 0 Å². The molecule has 15 heavy (non-hydrogen) atoms. The number of hydrogen-bond acceptors (Lipinski definition) is 3. The number of likely N-dealkylation sites (N-methyl/N-ethyl adjacent to an activating group) is 1. The second-order valence-electron chi connectivity index (χ2n) is 4.18. The van der Waals surface area contributed by atoms with Crippen LogP contribution in [0, 0.1) is 0 Å². The summed E-state index contributed by atoms with van der Waals surface area (Å²) in [4.78, 5) is 4.47. The van der Waals surface area contributed by atoms with Gasteiger partial charge in [0, 0.05) is 12.0 Å². The number of nitrogen functional groups attached to an aromatic ring is 1. The van der Waals surface area contributed by atoms with Crippen molar-refractivity contribution in [2.24, 2.45) is 0 Å². The molecule has 0 spiro atoms. The molecule has 1 aliphatic carbocycles. The second-order valence-corrected chi connectivity index (χ2v) is 4.45. The van der Waals surface area contributed by atoms with Crippen LogP contribution in [0.3, 0.4) is 0 Å². The highest BCUT2D eigenvalue weighted by Gasteiger charge is 2.41. The van der Waals surface area contributed by atoms with Gasteiger partial charge in [-0.05, 0) is 32.0 Å². The molecule has 1 aliphatic rings. The third kappa shape index (κ3) is 2.24. The lowest BCUT2D eigenvalue weighted by Crippen LogP contribution is -2.30. The topological polar surface area (TPSA) is 50.9 Å². The molecule has 0 atom stereocenters. The molecule has 0 unspecified atom stereocenters. The summed E-state index contributed by atoms with van der Waals surface area (Å²) in [6.07, 6.45) is 3.31. The summed E-state index contributed by atoms with van der Waals surface area (Å²) in [5.74, 6) is 0.444. The average Bonchev–Trinajstić information content (AvgIpc) is 3.02. The fraction of sp³-hybridized carbons (Fsp3) is 0.545. The van der Waals surface area contributed by atoms with E-state index in [1.165, 1.54) is 12.8 Å². The molecule has 0 aromatic carbocycles. The second kappa shape index (κ2) is 3.99. The van der Waals surface area contributed by atoms with Gasteiger partial charge in [-0.15, -0.1) is 11.6 Å². The quantitative estimate of drug-likeness (QED) is 0.767. The van der Waals surface area contributed by atoms with Crippen molar-refractivity contribution in [3.8, 4) is 0 Å². The lowest BCUT2D eigenvalue weighted by atomic mass is 10.1. The van der Waals surface area contributed by atoms with Crippen molar-refractivity contribution in [2.45, 2.75) is 30.7 Å². The van der Waals surface area contributed by atoms with Crippen molar-refractivity contribution in [3.05, 3.63) is 23.5 Å². The number of nitrogens with zero attached hydrogens (tertiary/aromatic N) is 1.